The maximum Gasteiger partial charge on any atom is 0.328 e. The average molecular weight is 329 g/mol. The number of aryl methyl sites for hydroxylation is 1. The second-order valence-corrected chi connectivity index (χ2v) is 5.99. The third-order valence-corrected chi connectivity index (χ3v) is 4.41. The van der Waals surface area contributed by atoms with Gasteiger partial charge >= 0.3 is 5.97 Å². The van der Waals surface area contributed by atoms with Crippen molar-refractivity contribution in [3.8, 4) is 11.1 Å². The minimum absolute atomic E-state index is 0.410. The van der Waals surface area contributed by atoms with E-state index in [0.29, 0.717) is 5.82 Å². The molecule has 0 saturated carbocycles. The van der Waals surface area contributed by atoms with Crippen LogP contribution in [0.15, 0.2) is 36.0 Å². The van der Waals surface area contributed by atoms with Crippen LogP contribution in [0.25, 0.3) is 21.3 Å². The molecule has 6 nitrogen and oxygen atoms in total. The van der Waals surface area contributed by atoms with Gasteiger partial charge in [0.05, 0.1) is 12.0 Å². The number of thiophene rings is 1. The largest absolute Gasteiger partial charge is 0.480 e. The van der Waals surface area contributed by atoms with Gasteiger partial charge in [-0.15, -0.1) is 11.3 Å². The molecule has 1 unspecified atom stereocenters. The third-order valence-electron chi connectivity index (χ3n) is 3.52. The van der Waals surface area contributed by atoms with Gasteiger partial charge in [-0.2, -0.15) is 0 Å². The summed E-state index contributed by atoms with van der Waals surface area (Å²) in [5.41, 5.74) is 3.11. The van der Waals surface area contributed by atoms with E-state index in [1.165, 1.54) is 17.7 Å². The average Bonchev–Trinajstić information content (AvgIpc) is 2.98. The second kappa shape index (κ2) is 6.31. The molecular weight excluding hydrogens is 314 g/mol. The minimum atomic E-state index is -1.13. The number of aliphatic hydroxyl groups excluding tert-OH is 1. The molecular formula is C16H15N3O3S. The molecule has 3 N–H and O–H groups in total. The summed E-state index contributed by atoms with van der Waals surface area (Å²) in [6, 6.07) is 6.94. The maximum absolute atomic E-state index is 11.1. The number of hydrogen-bond donors (Lipinski definition) is 3. The van der Waals surface area contributed by atoms with Gasteiger partial charge in [0.2, 0.25) is 0 Å². The van der Waals surface area contributed by atoms with Crippen molar-refractivity contribution in [3.05, 3.63) is 41.5 Å². The Hall–Kier alpha value is -2.51. The highest BCUT2D eigenvalue weighted by molar-refractivity contribution is 7.17. The van der Waals surface area contributed by atoms with Crippen molar-refractivity contribution in [2.45, 2.75) is 13.0 Å². The number of nitrogens with one attached hydrogen (secondary N) is 1. The summed E-state index contributed by atoms with van der Waals surface area (Å²) in [4.78, 5) is 20.3. The van der Waals surface area contributed by atoms with Crippen LogP contribution in [0, 0.1) is 6.92 Å². The first-order valence-electron chi connectivity index (χ1n) is 6.99. The number of benzene rings is 1. The lowest BCUT2D eigenvalue weighted by molar-refractivity contribution is -0.138. The second-order valence-electron chi connectivity index (χ2n) is 5.14. The zero-order valence-corrected chi connectivity index (χ0v) is 13.2. The lowest BCUT2D eigenvalue weighted by Crippen LogP contribution is -2.33. The Kier molecular flexibility index (Phi) is 4.22. The zero-order chi connectivity index (χ0) is 16.4. The molecule has 0 spiro atoms. The Labute approximate surface area is 136 Å². The Morgan fingerprint density at radius 3 is 2.70 bits per heavy atom. The number of rotatable bonds is 5. The highest BCUT2D eigenvalue weighted by Crippen LogP contribution is 2.36. The molecule has 0 aliphatic rings. The van der Waals surface area contributed by atoms with Crippen LogP contribution in [0.2, 0.25) is 0 Å². The Bertz CT molecular complexity index is 845. The fourth-order valence-electron chi connectivity index (χ4n) is 2.28. The molecule has 0 bridgehead atoms. The third kappa shape index (κ3) is 3.01. The predicted octanol–water partition coefficient (Wildman–Crippen LogP) is 2.52. The Morgan fingerprint density at radius 1 is 1.30 bits per heavy atom. The quantitative estimate of drug-likeness (QED) is 0.666. The number of hydrogen-bond acceptors (Lipinski definition) is 6. The van der Waals surface area contributed by atoms with Crippen molar-refractivity contribution in [1.82, 2.24) is 9.97 Å². The number of carboxylic acid groups (broad SMARTS) is 1. The van der Waals surface area contributed by atoms with E-state index >= 15 is 0 Å². The molecule has 2 aromatic heterocycles. The minimum Gasteiger partial charge on any atom is -0.480 e. The predicted molar refractivity (Wildman–Crippen MR) is 89.7 cm³/mol. The molecule has 7 heteroatoms. The molecule has 3 aromatic rings. The number of aromatic nitrogens is 2. The van der Waals surface area contributed by atoms with Crippen molar-refractivity contribution in [2.75, 3.05) is 11.9 Å². The SMILES string of the molecule is Cc1ccc(-c2csc3ncnc(NC(CO)C(=O)O)c23)cc1. The number of nitrogens with zero attached hydrogens (tertiary/aromatic N) is 2. The Balaban J connectivity index is 2.10. The molecule has 3 rings (SSSR count). The summed E-state index contributed by atoms with van der Waals surface area (Å²) in [5, 5.41) is 23.8. The number of fused-ring (bicyclic) bond motifs is 1. The zero-order valence-electron chi connectivity index (χ0n) is 12.4. The number of aliphatic carboxylic acids is 1. The molecule has 1 atom stereocenters. The van der Waals surface area contributed by atoms with E-state index in [4.69, 9.17) is 5.11 Å². The van der Waals surface area contributed by atoms with Crippen LogP contribution in [-0.4, -0.2) is 38.8 Å². The van der Waals surface area contributed by atoms with Gasteiger partial charge in [-0.05, 0) is 12.5 Å². The molecule has 1 aromatic carbocycles. The van der Waals surface area contributed by atoms with Gasteiger partial charge in [-0.25, -0.2) is 14.8 Å². The van der Waals surface area contributed by atoms with Gasteiger partial charge in [-0.1, -0.05) is 29.8 Å². The fraction of sp³-hybridized carbons (Fsp3) is 0.188. The van der Waals surface area contributed by atoms with E-state index in [0.717, 1.165) is 26.9 Å². The van der Waals surface area contributed by atoms with E-state index in [-0.39, 0.29) is 0 Å². The van der Waals surface area contributed by atoms with Crippen molar-refractivity contribution in [3.63, 3.8) is 0 Å². The van der Waals surface area contributed by atoms with E-state index in [2.05, 4.69) is 15.3 Å². The first-order chi connectivity index (χ1) is 11.1. The van der Waals surface area contributed by atoms with Crippen LogP contribution >= 0.6 is 11.3 Å². The van der Waals surface area contributed by atoms with Gasteiger partial charge in [-0.3, -0.25) is 0 Å². The lowest BCUT2D eigenvalue weighted by atomic mass is 10.0. The highest BCUT2D eigenvalue weighted by atomic mass is 32.1. The Morgan fingerprint density at radius 2 is 2.04 bits per heavy atom. The van der Waals surface area contributed by atoms with E-state index < -0.39 is 18.6 Å². The van der Waals surface area contributed by atoms with Crippen LogP contribution in [0.3, 0.4) is 0 Å². The van der Waals surface area contributed by atoms with E-state index in [9.17, 15) is 9.90 Å². The summed E-state index contributed by atoms with van der Waals surface area (Å²) in [6.07, 6.45) is 1.39. The molecule has 0 fully saturated rings. The summed E-state index contributed by atoms with van der Waals surface area (Å²) in [5.74, 6) is -0.723. The molecule has 0 amide bonds. The summed E-state index contributed by atoms with van der Waals surface area (Å²) in [7, 11) is 0. The molecule has 0 saturated heterocycles. The van der Waals surface area contributed by atoms with Gasteiger partial charge in [0.25, 0.3) is 0 Å². The smallest absolute Gasteiger partial charge is 0.328 e. The molecule has 0 radical (unpaired) electrons. The van der Waals surface area contributed by atoms with Gasteiger partial charge in [0.15, 0.2) is 0 Å². The highest BCUT2D eigenvalue weighted by Gasteiger charge is 2.20. The van der Waals surface area contributed by atoms with Gasteiger partial charge < -0.3 is 15.5 Å². The number of carbonyl (C=O) groups is 1. The molecule has 23 heavy (non-hydrogen) atoms. The normalized spacial score (nSPS) is 12.3. The summed E-state index contributed by atoms with van der Waals surface area (Å²) >= 11 is 1.47. The molecule has 0 aliphatic carbocycles. The van der Waals surface area contributed by atoms with E-state index in [1.807, 2.05) is 36.6 Å². The van der Waals surface area contributed by atoms with Gasteiger partial charge in [0, 0.05) is 10.9 Å². The first kappa shape index (κ1) is 15.4. The maximum atomic E-state index is 11.1. The van der Waals surface area contributed by atoms with Crippen molar-refractivity contribution in [2.24, 2.45) is 0 Å². The van der Waals surface area contributed by atoms with Crippen molar-refractivity contribution in [1.29, 1.82) is 0 Å². The topological polar surface area (TPSA) is 95.3 Å². The van der Waals surface area contributed by atoms with Gasteiger partial charge in [0.1, 0.15) is 23.0 Å². The fourth-order valence-corrected chi connectivity index (χ4v) is 3.20. The molecule has 0 aliphatic heterocycles. The van der Waals surface area contributed by atoms with Crippen LogP contribution in [-0.2, 0) is 4.79 Å². The first-order valence-corrected chi connectivity index (χ1v) is 7.87. The number of aliphatic hydroxyl groups is 1. The molecule has 2 heterocycles. The summed E-state index contributed by atoms with van der Waals surface area (Å²) < 4.78 is 0. The van der Waals surface area contributed by atoms with Crippen LogP contribution < -0.4 is 5.32 Å². The number of anilines is 1. The molecule has 118 valence electrons. The van der Waals surface area contributed by atoms with Crippen molar-refractivity contribution < 1.29 is 15.0 Å². The van der Waals surface area contributed by atoms with Crippen molar-refractivity contribution >= 4 is 33.3 Å². The monoisotopic (exact) mass is 329 g/mol. The van der Waals surface area contributed by atoms with Crippen LogP contribution in [0.5, 0.6) is 0 Å². The van der Waals surface area contributed by atoms with Crippen LogP contribution in [0.4, 0.5) is 5.82 Å². The van der Waals surface area contributed by atoms with Crippen LogP contribution in [0.1, 0.15) is 5.56 Å². The summed E-state index contributed by atoms with van der Waals surface area (Å²) in [6.45, 7) is 1.50. The standard InChI is InChI=1S/C16H15N3O3S/c1-9-2-4-10(5-3-9)11-7-23-15-13(11)14(17-8-18-15)19-12(6-20)16(21)22/h2-5,7-8,12,20H,6H2,1H3,(H,21,22)(H,17,18,19). The van der Waals surface area contributed by atoms with E-state index in [1.54, 1.807) is 0 Å². The lowest BCUT2D eigenvalue weighted by Gasteiger charge is -2.13. The number of carboxylic acids is 1.